The first-order valence-electron chi connectivity index (χ1n) is 5.73. The predicted molar refractivity (Wildman–Crippen MR) is 65.8 cm³/mol. The highest BCUT2D eigenvalue weighted by molar-refractivity contribution is 5.77. The second-order valence-electron chi connectivity index (χ2n) is 4.17. The number of amides is 1. The molecular weight excluding hydrogens is 234 g/mol. The van der Waals surface area contributed by atoms with Gasteiger partial charge in [0, 0.05) is 13.0 Å². The zero-order valence-corrected chi connectivity index (χ0v) is 9.95. The van der Waals surface area contributed by atoms with E-state index in [-0.39, 0.29) is 19.4 Å². The Morgan fingerprint density at radius 2 is 1.83 bits per heavy atom. The highest BCUT2D eigenvalue weighted by Gasteiger charge is 2.29. The molecule has 0 saturated carbocycles. The maximum atomic E-state index is 11.3. The molecule has 0 spiro atoms. The lowest BCUT2D eigenvalue weighted by molar-refractivity contribution is -0.141. The first kappa shape index (κ1) is 14.2. The van der Waals surface area contributed by atoms with Crippen LogP contribution in [0.3, 0.4) is 0 Å². The molecule has 0 heterocycles. The Morgan fingerprint density at radius 3 is 2.28 bits per heavy atom. The topological polar surface area (TPSA) is 101 Å². The molecule has 1 aromatic rings. The Hall–Kier alpha value is -1.88. The van der Waals surface area contributed by atoms with Crippen molar-refractivity contribution in [2.24, 2.45) is 11.7 Å². The van der Waals surface area contributed by atoms with Crippen molar-refractivity contribution in [1.82, 2.24) is 0 Å². The number of aliphatic carboxylic acids is 1. The lowest BCUT2D eigenvalue weighted by Gasteiger charge is -2.22. The van der Waals surface area contributed by atoms with Gasteiger partial charge in [-0.3, -0.25) is 9.59 Å². The van der Waals surface area contributed by atoms with E-state index < -0.39 is 23.7 Å². The molecule has 1 amide bonds. The van der Waals surface area contributed by atoms with Crippen LogP contribution in [0, 0.1) is 5.92 Å². The van der Waals surface area contributed by atoms with Gasteiger partial charge in [0.15, 0.2) is 0 Å². The summed E-state index contributed by atoms with van der Waals surface area (Å²) in [6.07, 6.45) is 0.333. The van der Waals surface area contributed by atoms with Crippen molar-refractivity contribution in [3.05, 3.63) is 35.9 Å². The average Bonchev–Trinajstić information content (AvgIpc) is 2.34. The highest BCUT2D eigenvalue weighted by atomic mass is 16.4. The van der Waals surface area contributed by atoms with Crippen LogP contribution < -0.4 is 5.73 Å². The number of carbonyl (C=O) groups excluding carboxylic acids is 1. The van der Waals surface area contributed by atoms with Gasteiger partial charge >= 0.3 is 5.97 Å². The van der Waals surface area contributed by atoms with E-state index in [1.165, 1.54) is 0 Å². The van der Waals surface area contributed by atoms with E-state index in [2.05, 4.69) is 0 Å². The Morgan fingerprint density at radius 1 is 1.22 bits per heavy atom. The quantitative estimate of drug-likeness (QED) is 0.665. The molecule has 0 radical (unpaired) electrons. The SMILES string of the molecule is NC(=O)CC[C@H](CO)C(C(=O)O)c1ccccc1. The Bertz CT molecular complexity index is 405. The maximum Gasteiger partial charge on any atom is 0.311 e. The molecule has 0 aromatic heterocycles. The molecule has 0 saturated heterocycles. The maximum absolute atomic E-state index is 11.3. The smallest absolute Gasteiger partial charge is 0.311 e. The van der Waals surface area contributed by atoms with E-state index in [0.717, 1.165) is 0 Å². The van der Waals surface area contributed by atoms with Gasteiger partial charge in [-0.1, -0.05) is 30.3 Å². The van der Waals surface area contributed by atoms with Gasteiger partial charge in [0.1, 0.15) is 0 Å². The normalized spacial score (nSPS) is 13.8. The number of primary amides is 1. The molecule has 0 fully saturated rings. The van der Waals surface area contributed by atoms with Crippen molar-refractivity contribution >= 4 is 11.9 Å². The number of carbonyl (C=O) groups is 2. The third kappa shape index (κ3) is 3.85. The van der Waals surface area contributed by atoms with Crippen molar-refractivity contribution in [2.75, 3.05) is 6.61 Å². The molecule has 4 N–H and O–H groups in total. The van der Waals surface area contributed by atoms with Gasteiger partial charge in [-0.15, -0.1) is 0 Å². The molecule has 5 nitrogen and oxygen atoms in total. The fraction of sp³-hybridized carbons (Fsp3) is 0.385. The summed E-state index contributed by atoms with van der Waals surface area (Å²) in [6.45, 7) is -0.293. The number of aliphatic hydroxyl groups is 1. The minimum Gasteiger partial charge on any atom is -0.481 e. The molecular formula is C13H17NO4. The summed E-state index contributed by atoms with van der Waals surface area (Å²) in [7, 11) is 0. The van der Waals surface area contributed by atoms with E-state index in [9.17, 15) is 19.8 Å². The Balaban J connectivity index is 2.89. The fourth-order valence-corrected chi connectivity index (χ4v) is 1.97. The summed E-state index contributed by atoms with van der Waals surface area (Å²) in [6, 6.07) is 8.68. The number of nitrogens with two attached hydrogens (primary N) is 1. The van der Waals surface area contributed by atoms with Crippen LogP contribution in [0.2, 0.25) is 0 Å². The van der Waals surface area contributed by atoms with Gasteiger partial charge in [-0.05, 0) is 17.9 Å². The molecule has 0 aliphatic carbocycles. The summed E-state index contributed by atoms with van der Waals surface area (Å²) in [5.41, 5.74) is 5.66. The number of carboxylic acid groups (broad SMARTS) is 1. The van der Waals surface area contributed by atoms with E-state index in [4.69, 9.17) is 5.73 Å². The Kier molecular flexibility index (Phi) is 5.32. The van der Waals surface area contributed by atoms with E-state index in [1.807, 2.05) is 0 Å². The van der Waals surface area contributed by atoms with Gasteiger partial charge in [-0.2, -0.15) is 0 Å². The Labute approximate surface area is 105 Å². The van der Waals surface area contributed by atoms with Gasteiger partial charge in [0.2, 0.25) is 5.91 Å². The van der Waals surface area contributed by atoms with E-state index >= 15 is 0 Å². The summed E-state index contributed by atoms with van der Waals surface area (Å²) in [5, 5.41) is 18.6. The molecule has 2 atom stereocenters. The first-order valence-corrected chi connectivity index (χ1v) is 5.73. The summed E-state index contributed by atoms with van der Waals surface area (Å²) >= 11 is 0. The molecule has 0 aliphatic heterocycles. The minimum atomic E-state index is -1.01. The van der Waals surface area contributed by atoms with Crippen LogP contribution in [0.1, 0.15) is 24.3 Å². The molecule has 0 bridgehead atoms. The summed E-state index contributed by atoms with van der Waals surface area (Å²) < 4.78 is 0. The average molecular weight is 251 g/mol. The number of hydrogen-bond donors (Lipinski definition) is 3. The zero-order chi connectivity index (χ0) is 13.5. The molecule has 1 aromatic carbocycles. The van der Waals surface area contributed by atoms with Crippen molar-refractivity contribution in [1.29, 1.82) is 0 Å². The monoisotopic (exact) mass is 251 g/mol. The van der Waals surface area contributed by atoms with Gasteiger partial charge in [0.25, 0.3) is 0 Å². The third-order valence-corrected chi connectivity index (χ3v) is 2.89. The minimum absolute atomic E-state index is 0.0713. The lowest BCUT2D eigenvalue weighted by atomic mass is 9.83. The van der Waals surface area contributed by atoms with Crippen LogP contribution in [0.15, 0.2) is 30.3 Å². The third-order valence-electron chi connectivity index (χ3n) is 2.89. The summed E-state index contributed by atoms with van der Waals surface area (Å²) in [4.78, 5) is 22.1. The standard InChI is InChI=1S/C13H17NO4/c14-11(16)7-6-10(8-15)12(13(17)18)9-4-2-1-3-5-9/h1-5,10,12,15H,6-8H2,(H2,14,16)(H,17,18)/t10-,12?/m1/s1. The molecule has 1 unspecified atom stereocenters. The van der Waals surface area contributed by atoms with Crippen LogP contribution in [0.5, 0.6) is 0 Å². The molecule has 1 rings (SSSR count). The largest absolute Gasteiger partial charge is 0.481 e. The van der Waals surface area contributed by atoms with E-state index in [0.29, 0.717) is 5.56 Å². The number of carboxylic acids is 1. The number of rotatable bonds is 7. The molecule has 18 heavy (non-hydrogen) atoms. The van der Waals surface area contributed by atoms with Gasteiger partial charge in [-0.25, -0.2) is 0 Å². The molecule has 5 heteroatoms. The summed E-state index contributed by atoms with van der Waals surface area (Å²) in [5.74, 6) is -2.84. The van der Waals surface area contributed by atoms with Crippen LogP contribution in [0.4, 0.5) is 0 Å². The van der Waals surface area contributed by atoms with Crippen molar-refractivity contribution in [3.63, 3.8) is 0 Å². The fourth-order valence-electron chi connectivity index (χ4n) is 1.97. The predicted octanol–water partition coefficient (Wildman–Crippen LogP) is 0.729. The van der Waals surface area contributed by atoms with E-state index in [1.54, 1.807) is 30.3 Å². The number of hydrogen-bond acceptors (Lipinski definition) is 3. The second-order valence-corrected chi connectivity index (χ2v) is 4.17. The number of aliphatic hydroxyl groups excluding tert-OH is 1. The molecule has 0 aliphatic rings. The van der Waals surface area contributed by atoms with Crippen molar-refractivity contribution in [3.8, 4) is 0 Å². The van der Waals surface area contributed by atoms with Gasteiger partial charge < -0.3 is 15.9 Å². The zero-order valence-electron chi connectivity index (χ0n) is 9.95. The second kappa shape index (κ2) is 6.76. The van der Waals surface area contributed by atoms with Crippen molar-refractivity contribution in [2.45, 2.75) is 18.8 Å². The van der Waals surface area contributed by atoms with Crippen LogP contribution in [-0.2, 0) is 9.59 Å². The number of benzene rings is 1. The van der Waals surface area contributed by atoms with Gasteiger partial charge in [0.05, 0.1) is 5.92 Å². The van der Waals surface area contributed by atoms with Crippen LogP contribution in [0.25, 0.3) is 0 Å². The van der Waals surface area contributed by atoms with Crippen molar-refractivity contribution < 1.29 is 19.8 Å². The first-order chi connectivity index (χ1) is 8.56. The van der Waals surface area contributed by atoms with Crippen LogP contribution >= 0.6 is 0 Å². The molecule has 98 valence electrons. The van der Waals surface area contributed by atoms with Crippen LogP contribution in [-0.4, -0.2) is 28.7 Å². The lowest BCUT2D eigenvalue weighted by Crippen LogP contribution is -2.26. The highest BCUT2D eigenvalue weighted by Crippen LogP contribution is 2.28.